The van der Waals surface area contributed by atoms with Gasteiger partial charge in [0.2, 0.25) is 0 Å². The molecule has 2 N–H and O–H groups in total. The molecule has 4 aromatic rings. The van der Waals surface area contributed by atoms with E-state index in [1.54, 1.807) is 11.8 Å². The van der Waals surface area contributed by atoms with Crippen LogP contribution in [0.5, 0.6) is 0 Å². The van der Waals surface area contributed by atoms with Crippen LogP contribution in [0.1, 0.15) is 50.7 Å². The third-order valence-electron chi connectivity index (χ3n) is 5.69. The van der Waals surface area contributed by atoms with Crippen LogP contribution in [0, 0.1) is 0 Å². The van der Waals surface area contributed by atoms with Gasteiger partial charge in [-0.1, -0.05) is 100 Å². The molecule has 2 nitrogen and oxygen atoms in total. The molecule has 0 amide bonds. The summed E-state index contributed by atoms with van der Waals surface area (Å²) in [6, 6.07) is 34.1. The standard InChI is InChI=1S/C30H32N2S/c1-21(2)24-15-12-16-25(22(3)4)30(24)32-27-18-9-8-17-26(27)31-28-19-10-11-20-29(28)33-23-13-6-5-7-14-23/h5-22,31-32H,1-4H3. The van der Waals surface area contributed by atoms with Gasteiger partial charge in [-0.05, 0) is 59.4 Å². The average molecular weight is 453 g/mol. The zero-order chi connectivity index (χ0) is 23.2. The van der Waals surface area contributed by atoms with E-state index >= 15 is 0 Å². The Morgan fingerprint density at radius 2 is 1.03 bits per heavy atom. The summed E-state index contributed by atoms with van der Waals surface area (Å²) in [5.74, 6) is 0.878. The van der Waals surface area contributed by atoms with E-state index in [-0.39, 0.29) is 0 Å². The minimum absolute atomic E-state index is 0.439. The molecular formula is C30H32N2S. The van der Waals surface area contributed by atoms with Crippen LogP contribution in [-0.4, -0.2) is 0 Å². The number of rotatable bonds is 8. The molecule has 0 aliphatic rings. The fourth-order valence-corrected chi connectivity index (χ4v) is 4.87. The summed E-state index contributed by atoms with van der Waals surface area (Å²) in [4.78, 5) is 2.43. The molecular weight excluding hydrogens is 420 g/mol. The molecule has 0 aliphatic carbocycles. The van der Waals surface area contributed by atoms with Crippen molar-refractivity contribution >= 4 is 34.5 Å². The van der Waals surface area contributed by atoms with E-state index in [9.17, 15) is 0 Å². The number of nitrogens with one attached hydrogen (secondary N) is 2. The highest BCUT2D eigenvalue weighted by Gasteiger charge is 2.15. The molecule has 168 valence electrons. The van der Waals surface area contributed by atoms with Gasteiger partial charge in [-0.25, -0.2) is 0 Å². The molecule has 0 radical (unpaired) electrons. The summed E-state index contributed by atoms with van der Waals surface area (Å²) in [6.07, 6.45) is 0. The van der Waals surface area contributed by atoms with Crippen LogP contribution in [0.4, 0.5) is 22.7 Å². The molecule has 0 saturated carbocycles. The lowest BCUT2D eigenvalue weighted by Gasteiger charge is -2.23. The van der Waals surface area contributed by atoms with Crippen LogP contribution in [0.15, 0.2) is 107 Å². The maximum Gasteiger partial charge on any atom is 0.0623 e. The first kappa shape index (κ1) is 23.0. The predicted molar refractivity (Wildman–Crippen MR) is 145 cm³/mol. The molecule has 3 heteroatoms. The van der Waals surface area contributed by atoms with Gasteiger partial charge >= 0.3 is 0 Å². The molecule has 0 atom stereocenters. The van der Waals surface area contributed by atoms with Gasteiger partial charge in [0.1, 0.15) is 0 Å². The van der Waals surface area contributed by atoms with Crippen molar-refractivity contribution in [3.05, 3.63) is 108 Å². The maximum atomic E-state index is 3.79. The van der Waals surface area contributed by atoms with E-state index in [0.29, 0.717) is 11.8 Å². The number of hydrogen-bond acceptors (Lipinski definition) is 3. The molecule has 33 heavy (non-hydrogen) atoms. The van der Waals surface area contributed by atoms with Crippen molar-refractivity contribution in [2.75, 3.05) is 10.6 Å². The second kappa shape index (κ2) is 10.6. The van der Waals surface area contributed by atoms with Crippen LogP contribution < -0.4 is 10.6 Å². The molecule has 0 unspecified atom stereocenters. The lowest BCUT2D eigenvalue weighted by atomic mass is 9.92. The molecule has 4 aromatic carbocycles. The Balaban J connectivity index is 1.68. The Morgan fingerprint density at radius 3 is 1.64 bits per heavy atom. The molecule has 0 fully saturated rings. The summed E-state index contributed by atoms with van der Waals surface area (Å²) >= 11 is 1.77. The molecule has 0 heterocycles. The van der Waals surface area contributed by atoms with Crippen molar-refractivity contribution in [3.8, 4) is 0 Å². The molecule has 0 bridgehead atoms. The lowest BCUT2D eigenvalue weighted by molar-refractivity contribution is 0.838. The summed E-state index contributed by atoms with van der Waals surface area (Å²) in [6.45, 7) is 9.02. The first-order valence-corrected chi connectivity index (χ1v) is 12.4. The third kappa shape index (κ3) is 5.61. The fraction of sp³-hybridized carbons (Fsp3) is 0.200. The highest BCUT2D eigenvalue weighted by atomic mass is 32.2. The third-order valence-corrected chi connectivity index (χ3v) is 6.77. The van der Waals surface area contributed by atoms with Crippen LogP contribution in [0.3, 0.4) is 0 Å². The number of hydrogen-bond donors (Lipinski definition) is 2. The van der Waals surface area contributed by atoms with Gasteiger partial charge in [0.05, 0.1) is 17.1 Å². The van der Waals surface area contributed by atoms with Gasteiger partial charge in [-0.3, -0.25) is 0 Å². The smallest absolute Gasteiger partial charge is 0.0623 e. The highest BCUT2D eigenvalue weighted by molar-refractivity contribution is 7.99. The molecule has 4 rings (SSSR count). The lowest BCUT2D eigenvalue weighted by Crippen LogP contribution is -2.05. The molecule has 0 aromatic heterocycles. The SMILES string of the molecule is CC(C)c1cccc(C(C)C)c1Nc1ccccc1Nc1ccccc1Sc1ccccc1. The first-order chi connectivity index (χ1) is 16.0. The van der Waals surface area contributed by atoms with E-state index in [1.807, 2.05) is 0 Å². The number of para-hydroxylation sites is 4. The van der Waals surface area contributed by atoms with Crippen molar-refractivity contribution < 1.29 is 0 Å². The normalized spacial score (nSPS) is 11.1. The van der Waals surface area contributed by atoms with Crippen LogP contribution in [0.2, 0.25) is 0 Å². The zero-order valence-corrected chi connectivity index (χ0v) is 20.6. The number of benzene rings is 4. The Labute approximate surface area is 202 Å². The Kier molecular flexibility index (Phi) is 7.41. The van der Waals surface area contributed by atoms with Gasteiger partial charge in [0.15, 0.2) is 0 Å². The van der Waals surface area contributed by atoms with Gasteiger partial charge < -0.3 is 10.6 Å². The second-order valence-corrected chi connectivity index (χ2v) is 9.94. The van der Waals surface area contributed by atoms with E-state index in [1.165, 1.54) is 26.6 Å². The zero-order valence-electron chi connectivity index (χ0n) is 19.8. The van der Waals surface area contributed by atoms with Gasteiger partial charge in [-0.15, -0.1) is 0 Å². The monoisotopic (exact) mass is 452 g/mol. The van der Waals surface area contributed by atoms with E-state index in [4.69, 9.17) is 0 Å². The van der Waals surface area contributed by atoms with Crippen LogP contribution >= 0.6 is 11.8 Å². The van der Waals surface area contributed by atoms with Gasteiger partial charge in [-0.2, -0.15) is 0 Å². The van der Waals surface area contributed by atoms with E-state index in [2.05, 4.69) is 135 Å². The minimum atomic E-state index is 0.439. The van der Waals surface area contributed by atoms with Crippen molar-refractivity contribution in [1.82, 2.24) is 0 Å². The Hall–Kier alpha value is -3.17. The quantitative estimate of drug-likeness (QED) is 0.278. The highest BCUT2D eigenvalue weighted by Crippen LogP contribution is 2.39. The maximum absolute atomic E-state index is 3.79. The van der Waals surface area contributed by atoms with Crippen LogP contribution in [0.25, 0.3) is 0 Å². The van der Waals surface area contributed by atoms with Crippen molar-refractivity contribution in [3.63, 3.8) is 0 Å². The minimum Gasteiger partial charge on any atom is -0.353 e. The van der Waals surface area contributed by atoms with Crippen molar-refractivity contribution in [1.29, 1.82) is 0 Å². The average Bonchev–Trinajstić information content (AvgIpc) is 2.82. The summed E-state index contributed by atoms with van der Waals surface area (Å²) in [7, 11) is 0. The Bertz CT molecular complexity index is 1170. The van der Waals surface area contributed by atoms with Crippen molar-refractivity contribution in [2.45, 2.75) is 49.3 Å². The number of anilines is 4. The van der Waals surface area contributed by atoms with E-state index in [0.717, 1.165) is 17.1 Å². The van der Waals surface area contributed by atoms with Gasteiger partial charge in [0.25, 0.3) is 0 Å². The predicted octanol–water partition coefficient (Wildman–Crippen LogP) is 9.57. The molecule has 0 spiro atoms. The van der Waals surface area contributed by atoms with Crippen molar-refractivity contribution in [2.24, 2.45) is 0 Å². The first-order valence-electron chi connectivity index (χ1n) is 11.6. The molecule has 0 saturated heterocycles. The topological polar surface area (TPSA) is 24.1 Å². The van der Waals surface area contributed by atoms with Crippen LogP contribution in [-0.2, 0) is 0 Å². The Morgan fingerprint density at radius 1 is 0.515 bits per heavy atom. The molecule has 0 aliphatic heterocycles. The second-order valence-electron chi connectivity index (χ2n) is 8.83. The van der Waals surface area contributed by atoms with E-state index < -0.39 is 0 Å². The summed E-state index contributed by atoms with van der Waals surface area (Å²) in [5.41, 5.74) is 7.15. The fourth-order valence-electron chi connectivity index (χ4n) is 3.95. The van der Waals surface area contributed by atoms with Gasteiger partial charge in [0, 0.05) is 15.5 Å². The summed E-state index contributed by atoms with van der Waals surface area (Å²) in [5, 5.41) is 7.49. The largest absolute Gasteiger partial charge is 0.353 e. The summed E-state index contributed by atoms with van der Waals surface area (Å²) < 4.78 is 0.